The lowest BCUT2D eigenvalue weighted by molar-refractivity contribution is -0.158. The van der Waals surface area contributed by atoms with Crippen molar-refractivity contribution in [1.82, 2.24) is 0 Å². The Bertz CT molecular complexity index is 1240. The third-order valence-electron chi connectivity index (χ3n) is 7.41. The van der Waals surface area contributed by atoms with Gasteiger partial charge in [-0.15, -0.1) is 0 Å². The van der Waals surface area contributed by atoms with E-state index in [0.29, 0.717) is 31.1 Å². The molecule has 0 aromatic heterocycles. The summed E-state index contributed by atoms with van der Waals surface area (Å²) in [7, 11) is 0. The number of aliphatic carboxylic acids is 1. The molecule has 0 radical (unpaired) electrons. The van der Waals surface area contributed by atoms with Crippen molar-refractivity contribution in [2.24, 2.45) is 11.7 Å². The second-order valence-corrected chi connectivity index (χ2v) is 11.1. The van der Waals surface area contributed by atoms with Gasteiger partial charge in [-0.25, -0.2) is 13.6 Å². The van der Waals surface area contributed by atoms with Crippen molar-refractivity contribution in [3.8, 4) is 0 Å². The molecule has 244 valence electrons. The summed E-state index contributed by atoms with van der Waals surface area (Å²) >= 11 is 0. The molecule has 1 fully saturated rings. The van der Waals surface area contributed by atoms with E-state index in [2.05, 4.69) is 30.3 Å². The highest BCUT2D eigenvalue weighted by atomic mass is 19.3. The van der Waals surface area contributed by atoms with Crippen LogP contribution in [0.15, 0.2) is 77.7 Å². The third-order valence-corrected chi connectivity index (χ3v) is 7.41. The topological polar surface area (TPSA) is 100 Å². The van der Waals surface area contributed by atoms with Crippen LogP contribution in [0.1, 0.15) is 65.9 Å². The Morgan fingerprint density at radius 2 is 1.73 bits per heavy atom. The Morgan fingerprint density at radius 3 is 2.34 bits per heavy atom. The van der Waals surface area contributed by atoms with Gasteiger partial charge in [0.25, 0.3) is 6.43 Å². The van der Waals surface area contributed by atoms with Crippen LogP contribution in [-0.4, -0.2) is 55.6 Å². The monoisotopic (exact) mass is 617 g/mol. The summed E-state index contributed by atoms with van der Waals surface area (Å²) in [4.78, 5) is 11.6. The number of hydrogen-bond donors (Lipinski definition) is 2. The van der Waals surface area contributed by atoms with Crippen molar-refractivity contribution in [2.45, 2.75) is 91.6 Å². The number of carboxylic acids is 1. The molecule has 0 heterocycles. The van der Waals surface area contributed by atoms with Gasteiger partial charge >= 0.3 is 5.97 Å². The molecular weight excluding hydrogens is 568 g/mol. The summed E-state index contributed by atoms with van der Waals surface area (Å²) < 4.78 is 46.2. The van der Waals surface area contributed by atoms with Crippen molar-refractivity contribution in [3.05, 3.63) is 83.3 Å². The Kier molecular flexibility index (Phi) is 16.7. The van der Waals surface area contributed by atoms with Gasteiger partial charge in [-0.2, -0.15) is 0 Å². The van der Waals surface area contributed by atoms with Crippen LogP contribution >= 0.6 is 0 Å². The van der Waals surface area contributed by atoms with Gasteiger partial charge < -0.3 is 29.8 Å². The number of alkyl halides is 2. The molecule has 3 rings (SSSR count). The zero-order valence-electron chi connectivity index (χ0n) is 26.6. The average molecular weight is 618 g/mol. The van der Waals surface area contributed by atoms with Crippen LogP contribution in [0.25, 0.3) is 10.8 Å². The number of benzene rings is 2. The molecule has 9 heteroatoms. The van der Waals surface area contributed by atoms with Crippen molar-refractivity contribution in [2.75, 3.05) is 19.8 Å². The molecular formula is C35H49F2NO6. The SMILES string of the molecule is C/C=C(\C)C(F)F.C/C=C\C(C)COC(COC1CCCC(OC/C(N)=C(\C)OCc2ccc3ccccc3c2)C1)C(=O)O. The first kappa shape index (κ1) is 36.9. The number of nitrogens with two attached hydrogens (primary N) is 1. The highest BCUT2D eigenvalue weighted by molar-refractivity contribution is 5.82. The van der Waals surface area contributed by atoms with Gasteiger partial charge in [-0.1, -0.05) is 61.5 Å². The van der Waals surface area contributed by atoms with E-state index < -0.39 is 18.5 Å². The molecule has 1 aliphatic carbocycles. The first-order valence-corrected chi connectivity index (χ1v) is 15.2. The molecule has 0 bridgehead atoms. The van der Waals surface area contributed by atoms with Crippen molar-refractivity contribution in [1.29, 1.82) is 0 Å². The van der Waals surface area contributed by atoms with Crippen LogP contribution in [0.2, 0.25) is 0 Å². The lowest BCUT2D eigenvalue weighted by atomic mass is 9.95. The Morgan fingerprint density at radius 1 is 1.05 bits per heavy atom. The second kappa shape index (κ2) is 19.9. The Balaban J connectivity index is 0.000000860. The number of rotatable bonds is 15. The number of fused-ring (bicyclic) bond motifs is 1. The normalized spacial score (nSPS) is 19.3. The van der Waals surface area contributed by atoms with Gasteiger partial charge in [0.05, 0.1) is 37.7 Å². The standard InChI is InChI=1S/C30H41NO6.C5H8F2/c1-4-8-21(2)17-37-29(30(32)33)20-36-27-12-7-11-26(16-27)35-19-28(31)22(3)34-18-23-13-14-24-9-5-6-10-25(24)15-23;1-3-4(2)5(6)7/h4-6,8-10,13-15,21,26-27,29H,7,11-12,16-20,31H2,1-3H3,(H,32,33);3,5H,1-2H3/b8-4-,28-22-;4-3+. The van der Waals surface area contributed by atoms with E-state index in [-0.39, 0.29) is 36.9 Å². The summed E-state index contributed by atoms with van der Waals surface area (Å²) in [5.41, 5.74) is 8.04. The van der Waals surface area contributed by atoms with Crippen LogP contribution in [0.4, 0.5) is 8.78 Å². The minimum absolute atomic E-state index is 0.00416. The maximum absolute atomic E-state index is 11.6. The fraction of sp³-hybridized carbons (Fsp3) is 0.514. The minimum Gasteiger partial charge on any atom is -0.492 e. The molecule has 44 heavy (non-hydrogen) atoms. The summed E-state index contributed by atoms with van der Waals surface area (Å²) in [6, 6.07) is 14.5. The number of hydrogen-bond acceptors (Lipinski definition) is 6. The zero-order chi connectivity index (χ0) is 32.5. The molecule has 0 spiro atoms. The van der Waals surface area contributed by atoms with Crippen LogP contribution < -0.4 is 5.73 Å². The van der Waals surface area contributed by atoms with Gasteiger partial charge in [0.15, 0.2) is 6.10 Å². The number of allylic oxidation sites excluding steroid dienone is 4. The maximum atomic E-state index is 11.6. The fourth-order valence-corrected chi connectivity index (χ4v) is 4.52. The lowest BCUT2D eigenvalue weighted by Crippen LogP contribution is -2.35. The second-order valence-electron chi connectivity index (χ2n) is 11.1. The molecule has 4 unspecified atom stereocenters. The van der Waals surface area contributed by atoms with E-state index in [0.717, 1.165) is 24.8 Å². The van der Waals surface area contributed by atoms with Gasteiger partial charge in [-0.05, 0) is 87.3 Å². The van der Waals surface area contributed by atoms with Crippen molar-refractivity contribution < 1.29 is 37.6 Å². The summed E-state index contributed by atoms with van der Waals surface area (Å²) in [6.45, 7) is 9.87. The highest BCUT2D eigenvalue weighted by Gasteiger charge is 2.26. The summed E-state index contributed by atoms with van der Waals surface area (Å²) in [5, 5.41) is 11.9. The van der Waals surface area contributed by atoms with E-state index in [1.807, 2.05) is 45.1 Å². The molecule has 0 saturated heterocycles. The smallest absolute Gasteiger partial charge is 0.335 e. The summed E-state index contributed by atoms with van der Waals surface area (Å²) in [5.74, 6) is -0.198. The van der Waals surface area contributed by atoms with Crippen LogP contribution in [0.3, 0.4) is 0 Å². The maximum Gasteiger partial charge on any atom is 0.335 e. The van der Waals surface area contributed by atoms with Crippen molar-refractivity contribution >= 4 is 16.7 Å². The first-order valence-electron chi connectivity index (χ1n) is 15.2. The van der Waals surface area contributed by atoms with Crippen LogP contribution in [-0.2, 0) is 30.3 Å². The predicted octanol–water partition coefficient (Wildman–Crippen LogP) is 7.79. The first-order chi connectivity index (χ1) is 21.0. The quantitative estimate of drug-likeness (QED) is 0.155. The molecule has 7 nitrogen and oxygen atoms in total. The molecule has 0 amide bonds. The minimum atomic E-state index is -2.27. The number of carboxylic acid groups (broad SMARTS) is 1. The predicted molar refractivity (Wildman–Crippen MR) is 170 cm³/mol. The summed E-state index contributed by atoms with van der Waals surface area (Å²) in [6.07, 6.45) is 5.47. The van der Waals surface area contributed by atoms with E-state index >= 15 is 0 Å². The number of ether oxygens (including phenoxy) is 4. The zero-order valence-corrected chi connectivity index (χ0v) is 26.6. The van der Waals surface area contributed by atoms with Gasteiger partial charge in [0.1, 0.15) is 12.4 Å². The Labute approximate surface area is 260 Å². The van der Waals surface area contributed by atoms with E-state index in [1.54, 1.807) is 6.92 Å². The van der Waals surface area contributed by atoms with E-state index in [4.69, 9.17) is 24.7 Å². The molecule has 2 aromatic carbocycles. The van der Waals surface area contributed by atoms with E-state index in [1.165, 1.54) is 23.8 Å². The third kappa shape index (κ3) is 13.6. The van der Waals surface area contributed by atoms with Crippen LogP contribution in [0, 0.1) is 5.92 Å². The van der Waals surface area contributed by atoms with Gasteiger partial charge in [0, 0.05) is 0 Å². The largest absolute Gasteiger partial charge is 0.492 e. The Hall–Kier alpha value is -3.27. The van der Waals surface area contributed by atoms with Crippen LogP contribution in [0.5, 0.6) is 0 Å². The number of carbonyl (C=O) groups is 1. The lowest BCUT2D eigenvalue weighted by Gasteiger charge is -2.30. The highest BCUT2D eigenvalue weighted by Crippen LogP contribution is 2.25. The molecule has 2 aromatic rings. The van der Waals surface area contributed by atoms with E-state index in [9.17, 15) is 18.7 Å². The molecule has 3 N–H and O–H groups in total. The number of halogens is 2. The molecule has 1 aliphatic rings. The molecule has 1 saturated carbocycles. The fourth-order valence-electron chi connectivity index (χ4n) is 4.52. The van der Waals surface area contributed by atoms with Gasteiger partial charge in [-0.3, -0.25) is 0 Å². The molecule has 4 atom stereocenters. The average Bonchev–Trinajstić information content (AvgIpc) is 3.02. The van der Waals surface area contributed by atoms with Gasteiger partial charge in [0.2, 0.25) is 0 Å². The molecule has 0 aliphatic heterocycles. The van der Waals surface area contributed by atoms with Crippen molar-refractivity contribution in [3.63, 3.8) is 0 Å².